The number of methoxy groups -OCH3 is 1. The summed E-state index contributed by atoms with van der Waals surface area (Å²) in [7, 11) is 1.29. The standard InChI is InChI=1S/C17H27NO4/c1-6-8-11(18-9-7-2)13-12(19)10-17(3,4)14(15(13)20)16(21)22-5/h14,20H,6-10H2,1-5H3. The van der Waals surface area contributed by atoms with Gasteiger partial charge in [0.1, 0.15) is 11.7 Å². The lowest BCUT2D eigenvalue weighted by Gasteiger charge is -2.36. The number of Topliss-reactive ketones (excluding diaryl/α,β-unsaturated/α-hetero) is 1. The molecule has 0 aromatic rings. The largest absolute Gasteiger partial charge is 0.511 e. The number of hydrogen-bond acceptors (Lipinski definition) is 5. The Balaban J connectivity index is 3.40. The van der Waals surface area contributed by atoms with Gasteiger partial charge in [0.05, 0.1) is 12.7 Å². The summed E-state index contributed by atoms with van der Waals surface area (Å²) in [5, 5.41) is 10.6. The molecule has 0 bridgehead atoms. The number of aliphatic hydroxyl groups is 1. The zero-order valence-electron chi connectivity index (χ0n) is 14.2. The van der Waals surface area contributed by atoms with E-state index in [1.807, 2.05) is 13.8 Å². The molecule has 0 aliphatic heterocycles. The maximum absolute atomic E-state index is 12.5. The number of carbonyl (C=O) groups is 2. The molecule has 0 spiro atoms. The van der Waals surface area contributed by atoms with E-state index in [0.29, 0.717) is 18.7 Å². The fourth-order valence-electron chi connectivity index (χ4n) is 2.89. The van der Waals surface area contributed by atoms with Crippen LogP contribution in [0.1, 0.15) is 53.4 Å². The molecule has 0 aromatic heterocycles. The zero-order valence-corrected chi connectivity index (χ0v) is 14.2. The van der Waals surface area contributed by atoms with Crippen LogP contribution in [0, 0.1) is 11.3 Å². The number of ketones is 1. The Morgan fingerprint density at radius 2 is 2.00 bits per heavy atom. The monoisotopic (exact) mass is 309 g/mol. The molecule has 1 unspecified atom stereocenters. The van der Waals surface area contributed by atoms with Crippen LogP contribution in [-0.4, -0.2) is 36.2 Å². The van der Waals surface area contributed by atoms with Crippen LogP contribution in [-0.2, 0) is 14.3 Å². The first kappa shape index (κ1) is 18.4. The fraction of sp³-hybridized carbons (Fsp3) is 0.706. The lowest BCUT2D eigenvalue weighted by Crippen LogP contribution is -2.41. The number of esters is 1. The second-order valence-electron chi connectivity index (χ2n) is 6.38. The number of aliphatic imine (C=N–C) groups is 1. The van der Waals surface area contributed by atoms with Crippen molar-refractivity contribution in [2.24, 2.45) is 16.3 Å². The minimum Gasteiger partial charge on any atom is -0.511 e. The second kappa shape index (κ2) is 7.56. The van der Waals surface area contributed by atoms with Gasteiger partial charge in [-0.2, -0.15) is 0 Å². The third kappa shape index (κ3) is 3.76. The summed E-state index contributed by atoms with van der Waals surface area (Å²) >= 11 is 0. The minimum atomic E-state index is -0.825. The molecule has 124 valence electrons. The number of ether oxygens (including phenoxy) is 1. The van der Waals surface area contributed by atoms with E-state index in [1.165, 1.54) is 7.11 Å². The van der Waals surface area contributed by atoms with E-state index in [1.54, 1.807) is 13.8 Å². The molecule has 1 rings (SSSR count). The highest BCUT2D eigenvalue weighted by Crippen LogP contribution is 2.42. The van der Waals surface area contributed by atoms with Crippen LogP contribution in [0.25, 0.3) is 0 Å². The van der Waals surface area contributed by atoms with Crippen molar-refractivity contribution in [3.05, 3.63) is 11.3 Å². The van der Waals surface area contributed by atoms with E-state index < -0.39 is 17.3 Å². The van der Waals surface area contributed by atoms with Crippen molar-refractivity contribution in [1.29, 1.82) is 0 Å². The SMILES string of the molecule is CCCN=C(CCC)C1=C(O)C(C(=O)OC)C(C)(C)CC1=O. The Kier molecular flexibility index (Phi) is 6.33. The number of aliphatic hydroxyl groups excluding tert-OH is 1. The van der Waals surface area contributed by atoms with Crippen molar-refractivity contribution in [3.8, 4) is 0 Å². The Labute approximate surface area is 132 Å². The normalized spacial score (nSPS) is 22.0. The lowest BCUT2D eigenvalue weighted by molar-refractivity contribution is -0.150. The molecule has 1 atom stereocenters. The summed E-state index contributed by atoms with van der Waals surface area (Å²) in [5.41, 5.74) is 0.168. The minimum absolute atomic E-state index is 0.147. The number of hydrogen-bond donors (Lipinski definition) is 1. The Morgan fingerprint density at radius 3 is 2.50 bits per heavy atom. The van der Waals surface area contributed by atoms with E-state index in [0.717, 1.165) is 12.8 Å². The highest BCUT2D eigenvalue weighted by atomic mass is 16.5. The van der Waals surface area contributed by atoms with Crippen molar-refractivity contribution in [2.45, 2.75) is 53.4 Å². The van der Waals surface area contributed by atoms with Crippen molar-refractivity contribution in [3.63, 3.8) is 0 Å². The summed E-state index contributed by atoms with van der Waals surface area (Å²) < 4.78 is 4.82. The van der Waals surface area contributed by atoms with Crippen molar-refractivity contribution in [2.75, 3.05) is 13.7 Å². The zero-order chi connectivity index (χ0) is 16.9. The van der Waals surface area contributed by atoms with E-state index in [2.05, 4.69) is 4.99 Å². The average Bonchev–Trinajstić information content (AvgIpc) is 2.42. The van der Waals surface area contributed by atoms with Gasteiger partial charge >= 0.3 is 5.97 Å². The molecule has 0 heterocycles. The molecule has 5 heteroatoms. The fourth-order valence-corrected chi connectivity index (χ4v) is 2.89. The number of rotatable bonds is 6. The predicted molar refractivity (Wildman–Crippen MR) is 86.1 cm³/mol. The smallest absolute Gasteiger partial charge is 0.316 e. The van der Waals surface area contributed by atoms with Gasteiger partial charge in [0.15, 0.2) is 5.78 Å². The maximum Gasteiger partial charge on any atom is 0.316 e. The molecular formula is C17H27NO4. The van der Waals surface area contributed by atoms with Gasteiger partial charge in [-0.1, -0.05) is 34.1 Å². The molecule has 1 aliphatic rings. The van der Waals surface area contributed by atoms with E-state index >= 15 is 0 Å². The van der Waals surface area contributed by atoms with Gasteiger partial charge in [-0.25, -0.2) is 0 Å². The summed E-state index contributed by atoms with van der Waals surface area (Å²) in [6.07, 6.45) is 2.49. The molecule has 0 saturated carbocycles. The van der Waals surface area contributed by atoms with Crippen LogP contribution >= 0.6 is 0 Å². The predicted octanol–water partition coefficient (Wildman–Crippen LogP) is 3.24. The van der Waals surface area contributed by atoms with Crippen molar-refractivity contribution >= 4 is 17.5 Å². The first-order valence-corrected chi connectivity index (χ1v) is 7.87. The van der Waals surface area contributed by atoms with Gasteiger partial charge in [0.2, 0.25) is 0 Å². The first-order valence-electron chi connectivity index (χ1n) is 7.87. The van der Waals surface area contributed by atoms with Gasteiger partial charge in [-0.15, -0.1) is 0 Å². The van der Waals surface area contributed by atoms with Gasteiger partial charge in [0.25, 0.3) is 0 Å². The van der Waals surface area contributed by atoms with Crippen LogP contribution in [0.5, 0.6) is 0 Å². The molecule has 1 aliphatic carbocycles. The second-order valence-corrected chi connectivity index (χ2v) is 6.38. The first-order chi connectivity index (χ1) is 10.3. The number of allylic oxidation sites excluding steroid dienone is 1. The quantitative estimate of drug-likeness (QED) is 0.603. The average molecular weight is 309 g/mol. The topological polar surface area (TPSA) is 76.0 Å². The molecule has 0 amide bonds. The Morgan fingerprint density at radius 1 is 1.36 bits per heavy atom. The van der Waals surface area contributed by atoms with Crippen LogP contribution in [0.3, 0.4) is 0 Å². The molecule has 0 saturated heterocycles. The number of carbonyl (C=O) groups excluding carboxylic acids is 2. The molecule has 0 aromatic carbocycles. The van der Waals surface area contributed by atoms with E-state index in [-0.39, 0.29) is 23.5 Å². The third-order valence-electron chi connectivity index (χ3n) is 3.94. The molecule has 1 N–H and O–H groups in total. The summed E-state index contributed by atoms with van der Waals surface area (Å²) in [5.74, 6) is -1.67. The van der Waals surface area contributed by atoms with Gasteiger partial charge in [-0.3, -0.25) is 14.6 Å². The van der Waals surface area contributed by atoms with Crippen LogP contribution in [0.2, 0.25) is 0 Å². The molecular weight excluding hydrogens is 282 g/mol. The van der Waals surface area contributed by atoms with Crippen LogP contribution in [0.4, 0.5) is 0 Å². The maximum atomic E-state index is 12.5. The number of nitrogens with zero attached hydrogens (tertiary/aromatic N) is 1. The summed E-state index contributed by atoms with van der Waals surface area (Å²) in [6, 6.07) is 0. The highest BCUT2D eigenvalue weighted by molar-refractivity contribution is 6.23. The van der Waals surface area contributed by atoms with Gasteiger partial charge < -0.3 is 9.84 Å². The summed E-state index contributed by atoms with van der Waals surface area (Å²) in [4.78, 5) is 29.0. The third-order valence-corrected chi connectivity index (χ3v) is 3.94. The molecule has 5 nitrogen and oxygen atoms in total. The molecule has 0 fully saturated rings. The van der Waals surface area contributed by atoms with Gasteiger partial charge in [-0.05, 0) is 18.3 Å². The van der Waals surface area contributed by atoms with Crippen molar-refractivity contribution in [1.82, 2.24) is 0 Å². The Hall–Kier alpha value is -1.65. The van der Waals surface area contributed by atoms with Crippen molar-refractivity contribution < 1.29 is 19.4 Å². The molecule has 22 heavy (non-hydrogen) atoms. The van der Waals surface area contributed by atoms with E-state index in [4.69, 9.17) is 4.74 Å². The Bertz CT molecular complexity index is 503. The van der Waals surface area contributed by atoms with Crippen LogP contribution < -0.4 is 0 Å². The highest BCUT2D eigenvalue weighted by Gasteiger charge is 2.47. The van der Waals surface area contributed by atoms with E-state index in [9.17, 15) is 14.7 Å². The lowest BCUT2D eigenvalue weighted by atomic mass is 9.67. The van der Waals surface area contributed by atoms with Crippen LogP contribution in [0.15, 0.2) is 16.3 Å². The summed E-state index contributed by atoms with van der Waals surface area (Å²) in [6.45, 7) is 8.19. The van der Waals surface area contributed by atoms with Gasteiger partial charge in [0, 0.05) is 18.7 Å². The molecule has 0 radical (unpaired) electrons.